The number of carbonyl (C=O) groups excluding carboxylic acids is 1. The second-order valence-corrected chi connectivity index (χ2v) is 10.6. The standard InChI is InChI=1S/C32H38N8O2/c1-5-26-25(19-33)32(36-23-9-10-29-22(16-23)20-35-40(29)21(3)4)24-17-28(30(42-6-2)18-27(24)37-26)38-31(41)8-7-13-39-14-11-34-12-15-39/h7-10,16-18,20-21,34H,5-6,11-15H2,1-4H3,(H,36,37)(H,38,41)/b8-7+. The highest BCUT2D eigenvalue weighted by atomic mass is 16.5. The Morgan fingerprint density at radius 3 is 2.74 bits per heavy atom. The zero-order valence-electron chi connectivity index (χ0n) is 24.7. The van der Waals surface area contributed by atoms with Gasteiger partial charge in [0.25, 0.3) is 0 Å². The molecule has 0 bridgehead atoms. The molecule has 2 aromatic carbocycles. The number of aryl methyl sites for hydroxylation is 1. The van der Waals surface area contributed by atoms with E-state index in [0.717, 1.165) is 49.3 Å². The van der Waals surface area contributed by atoms with E-state index >= 15 is 0 Å². The van der Waals surface area contributed by atoms with Gasteiger partial charge in [0.1, 0.15) is 11.8 Å². The molecule has 2 aromatic heterocycles. The van der Waals surface area contributed by atoms with Crippen LogP contribution in [0, 0.1) is 11.3 Å². The van der Waals surface area contributed by atoms with Gasteiger partial charge in [0.05, 0.1) is 46.5 Å². The molecule has 42 heavy (non-hydrogen) atoms. The number of carbonyl (C=O) groups is 1. The van der Waals surface area contributed by atoms with E-state index in [0.29, 0.717) is 52.3 Å². The third-order valence-corrected chi connectivity index (χ3v) is 7.36. The number of pyridine rings is 1. The highest BCUT2D eigenvalue weighted by Crippen LogP contribution is 2.38. The lowest BCUT2D eigenvalue weighted by Gasteiger charge is -2.25. The van der Waals surface area contributed by atoms with Crippen molar-refractivity contribution in [3.63, 3.8) is 0 Å². The summed E-state index contributed by atoms with van der Waals surface area (Å²) in [5.74, 6) is 0.285. The zero-order valence-corrected chi connectivity index (χ0v) is 24.7. The fourth-order valence-corrected chi connectivity index (χ4v) is 5.28. The number of nitriles is 1. The van der Waals surface area contributed by atoms with Gasteiger partial charge < -0.3 is 20.7 Å². The van der Waals surface area contributed by atoms with Crippen LogP contribution in [0.4, 0.5) is 17.1 Å². The number of anilines is 3. The van der Waals surface area contributed by atoms with Gasteiger partial charge in [-0.05, 0) is 51.5 Å². The highest BCUT2D eigenvalue weighted by molar-refractivity contribution is 6.05. The molecule has 1 fully saturated rings. The van der Waals surface area contributed by atoms with Crippen LogP contribution in [0.25, 0.3) is 21.8 Å². The first kappa shape index (κ1) is 29.0. The molecule has 4 aromatic rings. The quantitative estimate of drug-likeness (QED) is 0.226. The molecule has 10 nitrogen and oxygen atoms in total. The Hall–Kier alpha value is -4.46. The molecule has 5 rings (SSSR count). The molecule has 0 unspecified atom stereocenters. The fourth-order valence-electron chi connectivity index (χ4n) is 5.28. The molecule has 218 valence electrons. The summed E-state index contributed by atoms with van der Waals surface area (Å²) in [6.07, 6.45) is 5.89. The molecule has 0 aliphatic carbocycles. The van der Waals surface area contributed by atoms with Crippen LogP contribution in [-0.4, -0.2) is 64.9 Å². The molecule has 0 saturated carbocycles. The van der Waals surface area contributed by atoms with Gasteiger partial charge in [-0.15, -0.1) is 0 Å². The van der Waals surface area contributed by atoms with E-state index in [2.05, 4.69) is 45.9 Å². The Kier molecular flexibility index (Phi) is 9.00. The van der Waals surface area contributed by atoms with Crippen LogP contribution in [0.1, 0.15) is 45.0 Å². The number of rotatable bonds is 10. The van der Waals surface area contributed by atoms with E-state index in [9.17, 15) is 10.1 Å². The average Bonchev–Trinajstić information content (AvgIpc) is 3.42. The summed E-state index contributed by atoms with van der Waals surface area (Å²) in [7, 11) is 0. The summed E-state index contributed by atoms with van der Waals surface area (Å²) in [4.78, 5) is 20.1. The summed E-state index contributed by atoms with van der Waals surface area (Å²) in [5, 5.41) is 26.3. The van der Waals surface area contributed by atoms with E-state index in [1.54, 1.807) is 6.08 Å². The van der Waals surface area contributed by atoms with Crippen molar-refractivity contribution in [3.8, 4) is 11.8 Å². The second-order valence-electron chi connectivity index (χ2n) is 10.6. The van der Waals surface area contributed by atoms with Crippen LogP contribution < -0.4 is 20.7 Å². The van der Waals surface area contributed by atoms with Crippen LogP contribution >= 0.6 is 0 Å². The van der Waals surface area contributed by atoms with Gasteiger partial charge in [-0.1, -0.05) is 13.0 Å². The molecule has 1 aliphatic heterocycles. The Balaban J connectivity index is 1.52. The van der Waals surface area contributed by atoms with Gasteiger partial charge >= 0.3 is 0 Å². The number of nitrogens with zero attached hydrogens (tertiary/aromatic N) is 5. The summed E-state index contributed by atoms with van der Waals surface area (Å²) < 4.78 is 7.90. The third kappa shape index (κ3) is 6.22. The minimum Gasteiger partial charge on any atom is -0.492 e. The van der Waals surface area contributed by atoms with E-state index in [-0.39, 0.29) is 11.9 Å². The van der Waals surface area contributed by atoms with Crippen molar-refractivity contribution >= 4 is 44.8 Å². The van der Waals surface area contributed by atoms with E-state index in [1.807, 2.05) is 61.1 Å². The molecule has 0 atom stereocenters. The lowest BCUT2D eigenvalue weighted by atomic mass is 10.0. The number of amides is 1. The van der Waals surface area contributed by atoms with Crippen molar-refractivity contribution in [2.24, 2.45) is 0 Å². The maximum Gasteiger partial charge on any atom is 0.248 e. The third-order valence-electron chi connectivity index (χ3n) is 7.36. The van der Waals surface area contributed by atoms with Gasteiger partial charge in [0, 0.05) is 67.4 Å². The number of ether oxygens (including phenoxy) is 1. The summed E-state index contributed by atoms with van der Waals surface area (Å²) in [6, 6.07) is 12.3. The molecule has 10 heteroatoms. The van der Waals surface area contributed by atoms with Crippen molar-refractivity contribution in [1.29, 1.82) is 5.26 Å². The second kappa shape index (κ2) is 13.0. The van der Waals surface area contributed by atoms with Crippen molar-refractivity contribution < 1.29 is 9.53 Å². The summed E-state index contributed by atoms with van der Waals surface area (Å²) in [6.45, 7) is 13.1. The predicted octanol–water partition coefficient (Wildman–Crippen LogP) is 5.14. The minimum atomic E-state index is -0.244. The summed E-state index contributed by atoms with van der Waals surface area (Å²) >= 11 is 0. The van der Waals surface area contributed by atoms with Crippen LogP contribution in [0.15, 0.2) is 48.7 Å². The number of piperazine rings is 1. The van der Waals surface area contributed by atoms with Gasteiger partial charge in [-0.25, -0.2) is 0 Å². The molecule has 0 spiro atoms. The normalized spacial score (nSPS) is 14.1. The van der Waals surface area contributed by atoms with E-state index in [1.165, 1.54) is 0 Å². The van der Waals surface area contributed by atoms with E-state index in [4.69, 9.17) is 9.72 Å². The number of hydrogen-bond donors (Lipinski definition) is 3. The number of fused-ring (bicyclic) bond motifs is 2. The first-order valence-electron chi connectivity index (χ1n) is 14.6. The molecule has 1 aliphatic rings. The first-order chi connectivity index (χ1) is 20.4. The number of benzene rings is 2. The van der Waals surface area contributed by atoms with Crippen LogP contribution in [0.3, 0.4) is 0 Å². The van der Waals surface area contributed by atoms with Crippen molar-refractivity contribution in [2.45, 2.75) is 40.2 Å². The maximum absolute atomic E-state index is 12.9. The van der Waals surface area contributed by atoms with Crippen molar-refractivity contribution in [2.75, 3.05) is 50.0 Å². The topological polar surface area (TPSA) is 120 Å². The Labute approximate surface area is 246 Å². The molecular formula is C32H38N8O2. The fraction of sp³-hybridized carbons (Fsp3) is 0.375. The Morgan fingerprint density at radius 1 is 1.21 bits per heavy atom. The van der Waals surface area contributed by atoms with Crippen molar-refractivity contribution in [3.05, 3.63) is 59.9 Å². The number of hydrogen-bond acceptors (Lipinski definition) is 8. The Bertz CT molecular complexity index is 1660. The average molecular weight is 567 g/mol. The minimum absolute atomic E-state index is 0.243. The van der Waals surface area contributed by atoms with Gasteiger partial charge in [0.2, 0.25) is 5.91 Å². The summed E-state index contributed by atoms with van der Waals surface area (Å²) in [5.41, 5.74) is 4.87. The zero-order chi connectivity index (χ0) is 29.6. The number of aromatic nitrogens is 3. The predicted molar refractivity (Wildman–Crippen MR) is 167 cm³/mol. The van der Waals surface area contributed by atoms with Crippen molar-refractivity contribution in [1.82, 2.24) is 25.0 Å². The molecule has 3 heterocycles. The number of nitrogens with one attached hydrogen (secondary N) is 3. The van der Waals surface area contributed by atoms with Crippen LogP contribution in [0.5, 0.6) is 5.75 Å². The smallest absolute Gasteiger partial charge is 0.248 e. The molecule has 1 amide bonds. The first-order valence-corrected chi connectivity index (χ1v) is 14.6. The molecule has 3 N–H and O–H groups in total. The van der Waals surface area contributed by atoms with Gasteiger partial charge in [-0.2, -0.15) is 10.4 Å². The van der Waals surface area contributed by atoms with Crippen LogP contribution in [-0.2, 0) is 11.2 Å². The largest absolute Gasteiger partial charge is 0.492 e. The lowest BCUT2D eigenvalue weighted by Crippen LogP contribution is -2.43. The molecule has 1 saturated heterocycles. The monoisotopic (exact) mass is 566 g/mol. The van der Waals surface area contributed by atoms with Gasteiger partial charge in [0.15, 0.2) is 0 Å². The SMILES string of the molecule is CCOc1cc2nc(CC)c(C#N)c(Nc3ccc4c(cnn4C(C)C)c3)c2cc1NC(=O)/C=C/CN1CCNCC1. The molecular weight excluding hydrogens is 528 g/mol. The van der Waals surface area contributed by atoms with Crippen LogP contribution in [0.2, 0.25) is 0 Å². The van der Waals surface area contributed by atoms with E-state index < -0.39 is 0 Å². The maximum atomic E-state index is 12.9. The Morgan fingerprint density at radius 2 is 2.02 bits per heavy atom. The lowest BCUT2D eigenvalue weighted by molar-refractivity contribution is -0.111. The van der Waals surface area contributed by atoms with Gasteiger partial charge in [-0.3, -0.25) is 19.4 Å². The highest BCUT2D eigenvalue weighted by Gasteiger charge is 2.19. The molecule has 0 radical (unpaired) electrons.